The topological polar surface area (TPSA) is 81.4 Å². The van der Waals surface area contributed by atoms with Gasteiger partial charge in [-0.25, -0.2) is 9.78 Å². The smallest absolute Gasteiger partial charge is 0.329 e. The normalized spacial score (nSPS) is 14.2. The highest BCUT2D eigenvalue weighted by Crippen LogP contribution is 2.23. The Bertz CT molecular complexity index is 1080. The number of aryl methyl sites for hydroxylation is 2. The minimum Gasteiger partial charge on any atom is -0.378 e. The van der Waals surface area contributed by atoms with Gasteiger partial charge in [-0.2, -0.15) is 0 Å². The van der Waals surface area contributed by atoms with E-state index in [1.54, 1.807) is 15.3 Å². The number of nitrogens with zero attached hydrogens (tertiary/aromatic N) is 4. The zero-order valence-electron chi connectivity index (χ0n) is 17.2. The van der Waals surface area contributed by atoms with Crippen molar-refractivity contribution in [2.45, 2.75) is 32.9 Å². The summed E-state index contributed by atoms with van der Waals surface area (Å²) in [6, 6.07) is 11.4. The number of imidazole rings is 1. The van der Waals surface area contributed by atoms with E-state index in [0.29, 0.717) is 32.0 Å². The number of ether oxygens (including phenoxy) is 1. The molecule has 0 radical (unpaired) electrons. The Morgan fingerprint density at radius 3 is 2.47 bits per heavy atom. The number of hydrogen-bond acceptors (Lipinski definition) is 5. The maximum Gasteiger partial charge on any atom is 0.329 e. The Morgan fingerprint density at radius 2 is 1.77 bits per heavy atom. The second-order valence-corrected chi connectivity index (χ2v) is 7.35. The van der Waals surface area contributed by atoms with Gasteiger partial charge in [-0.15, -0.1) is 0 Å². The third-order valence-corrected chi connectivity index (χ3v) is 5.31. The Morgan fingerprint density at radius 1 is 1.07 bits per heavy atom. The highest BCUT2D eigenvalue weighted by atomic mass is 16.5. The second kappa shape index (κ2) is 9.13. The summed E-state index contributed by atoms with van der Waals surface area (Å²) in [4.78, 5) is 32.1. The van der Waals surface area contributed by atoms with Crippen LogP contribution in [0.1, 0.15) is 19.8 Å². The van der Waals surface area contributed by atoms with Crippen molar-refractivity contribution in [3.05, 3.63) is 53.1 Å². The Labute approximate surface area is 175 Å². The molecule has 1 N–H and O–H groups in total. The number of para-hydroxylation sites is 2. The van der Waals surface area contributed by atoms with Gasteiger partial charge in [-0.1, -0.05) is 19.1 Å². The molecule has 8 nitrogen and oxygen atoms in total. The standard InChI is InChI=1S/C22H27N5O3/c1-2-11-26-18-7-3-4-8-19(18)27(22(26)29)12-9-20(28)24-17-6-5-10-23-21(17)25-13-15-30-16-14-25/h3-8,10H,2,9,11-16H2,1H3,(H,24,28). The van der Waals surface area contributed by atoms with Gasteiger partial charge in [0.15, 0.2) is 5.82 Å². The lowest BCUT2D eigenvalue weighted by Gasteiger charge is -2.29. The first-order chi connectivity index (χ1) is 14.7. The van der Waals surface area contributed by atoms with Gasteiger partial charge in [0.1, 0.15) is 0 Å². The van der Waals surface area contributed by atoms with E-state index >= 15 is 0 Å². The van der Waals surface area contributed by atoms with Crippen LogP contribution in [0.4, 0.5) is 11.5 Å². The van der Waals surface area contributed by atoms with Crippen LogP contribution in [0.3, 0.4) is 0 Å². The first-order valence-electron chi connectivity index (χ1n) is 10.4. The van der Waals surface area contributed by atoms with Crippen LogP contribution in [-0.4, -0.2) is 46.3 Å². The van der Waals surface area contributed by atoms with E-state index in [4.69, 9.17) is 4.74 Å². The molecule has 0 unspecified atom stereocenters. The Balaban J connectivity index is 1.49. The quantitative estimate of drug-likeness (QED) is 0.648. The largest absolute Gasteiger partial charge is 0.378 e. The van der Waals surface area contributed by atoms with Crippen LogP contribution < -0.4 is 15.9 Å². The average Bonchev–Trinajstić information content (AvgIpc) is 3.05. The number of nitrogens with one attached hydrogen (secondary N) is 1. The predicted molar refractivity (Wildman–Crippen MR) is 117 cm³/mol. The molecule has 3 aromatic rings. The third kappa shape index (κ3) is 4.09. The Hall–Kier alpha value is -3.13. The molecule has 0 atom stereocenters. The summed E-state index contributed by atoms with van der Waals surface area (Å²) in [5.74, 6) is 0.614. The number of carbonyl (C=O) groups is 1. The molecule has 1 amide bonds. The van der Waals surface area contributed by atoms with Crippen molar-refractivity contribution >= 4 is 28.4 Å². The molecule has 4 rings (SSSR count). The van der Waals surface area contributed by atoms with Crippen molar-refractivity contribution in [2.24, 2.45) is 0 Å². The van der Waals surface area contributed by atoms with Gasteiger partial charge in [-0.05, 0) is 30.7 Å². The van der Waals surface area contributed by atoms with Gasteiger partial charge >= 0.3 is 5.69 Å². The summed E-state index contributed by atoms with van der Waals surface area (Å²) in [7, 11) is 0. The van der Waals surface area contributed by atoms with Gasteiger partial charge in [0.25, 0.3) is 0 Å². The number of benzene rings is 1. The van der Waals surface area contributed by atoms with Crippen molar-refractivity contribution in [2.75, 3.05) is 36.5 Å². The molecule has 0 saturated carbocycles. The zero-order chi connectivity index (χ0) is 20.9. The lowest BCUT2D eigenvalue weighted by Crippen LogP contribution is -2.37. The molecule has 0 spiro atoms. The maximum absolute atomic E-state index is 12.9. The lowest BCUT2D eigenvalue weighted by atomic mass is 10.3. The van der Waals surface area contributed by atoms with Crippen molar-refractivity contribution in [3.63, 3.8) is 0 Å². The molecule has 2 aromatic heterocycles. The van der Waals surface area contributed by atoms with Gasteiger partial charge in [-0.3, -0.25) is 13.9 Å². The molecular weight excluding hydrogens is 382 g/mol. The highest BCUT2D eigenvalue weighted by molar-refractivity contribution is 5.93. The summed E-state index contributed by atoms with van der Waals surface area (Å²) in [5, 5.41) is 2.97. The zero-order valence-corrected chi connectivity index (χ0v) is 17.2. The number of fused-ring (bicyclic) bond motifs is 1. The monoisotopic (exact) mass is 409 g/mol. The number of carbonyl (C=O) groups excluding carboxylic acids is 1. The molecule has 158 valence electrons. The van der Waals surface area contributed by atoms with E-state index in [0.717, 1.165) is 36.4 Å². The van der Waals surface area contributed by atoms with Crippen molar-refractivity contribution in [3.8, 4) is 0 Å². The molecule has 1 fully saturated rings. The molecule has 1 aliphatic heterocycles. The number of anilines is 2. The fourth-order valence-corrected chi connectivity index (χ4v) is 3.88. The van der Waals surface area contributed by atoms with Crippen molar-refractivity contribution in [1.29, 1.82) is 0 Å². The summed E-state index contributed by atoms with van der Waals surface area (Å²) >= 11 is 0. The predicted octanol–water partition coefficient (Wildman–Crippen LogP) is 2.47. The highest BCUT2D eigenvalue weighted by Gasteiger charge is 2.18. The fourth-order valence-electron chi connectivity index (χ4n) is 3.88. The first kappa shape index (κ1) is 20.2. The molecule has 0 bridgehead atoms. The van der Waals surface area contributed by atoms with Gasteiger partial charge < -0.3 is 15.0 Å². The fraction of sp³-hybridized carbons (Fsp3) is 0.409. The van der Waals surface area contributed by atoms with Crippen LogP contribution >= 0.6 is 0 Å². The SMILES string of the molecule is CCCn1c(=O)n(CCC(=O)Nc2cccnc2N2CCOCC2)c2ccccc21. The molecular formula is C22H27N5O3. The molecule has 1 aromatic carbocycles. The van der Waals surface area contributed by atoms with E-state index in [1.165, 1.54) is 0 Å². The first-order valence-corrected chi connectivity index (χ1v) is 10.4. The van der Waals surface area contributed by atoms with Gasteiger partial charge in [0.2, 0.25) is 5.91 Å². The molecule has 1 saturated heterocycles. The number of pyridine rings is 1. The van der Waals surface area contributed by atoms with E-state index in [9.17, 15) is 9.59 Å². The molecule has 1 aliphatic rings. The summed E-state index contributed by atoms with van der Waals surface area (Å²) in [6.45, 7) is 5.82. The van der Waals surface area contributed by atoms with Gasteiger partial charge in [0.05, 0.1) is 29.9 Å². The summed E-state index contributed by atoms with van der Waals surface area (Å²) in [5.41, 5.74) is 2.39. The maximum atomic E-state index is 12.9. The van der Waals surface area contributed by atoms with Gasteiger partial charge in [0, 0.05) is 38.8 Å². The second-order valence-electron chi connectivity index (χ2n) is 7.35. The van der Waals surface area contributed by atoms with Crippen LogP contribution in [0.5, 0.6) is 0 Å². The van der Waals surface area contributed by atoms with E-state index in [2.05, 4.69) is 15.2 Å². The van der Waals surface area contributed by atoms with E-state index < -0.39 is 0 Å². The number of morpholine rings is 1. The molecule has 3 heterocycles. The van der Waals surface area contributed by atoms with E-state index in [1.807, 2.05) is 43.3 Å². The summed E-state index contributed by atoms with van der Waals surface area (Å²) in [6.07, 6.45) is 2.81. The Kier molecular flexibility index (Phi) is 6.13. The number of aromatic nitrogens is 3. The van der Waals surface area contributed by atoms with Crippen molar-refractivity contribution < 1.29 is 9.53 Å². The van der Waals surface area contributed by atoms with E-state index in [-0.39, 0.29) is 18.0 Å². The lowest BCUT2D eigenvalue weighted by molar-refractivity contribution is -0.116. The number of rotatable bonds is 7. The van der Waals surface area contributed by atoms with Crippen LogP contribution in [0.2, 0.25) is 0 Å². The van der Waals surface area contributed by atoms with Crippen LogP contribution in [-0.2, 0) is 22.6 Å². The minimum absolute atomic E-state index is 0.0683. The van der Waals surface area contributed by atoms with Crippen LogP contribution in [0, 0.1) is 0 Å². The average molecular weight is 409 g/mol. The molecule has 0 aliphatic carbocycles. The number of amides is 1. The number of hydrogen-bond donors (Lipinski definition) is 1. The van der Waals surface area contributed by atoms with Crippen LogP contribution in [0.25, 0.3) is 11.0 Å². The van der Waals surface area contributed by atoms with Crippen molar-refractivity contribution in [1.82, 2.24) is 14.1 Å². The summed E-state index contributed by atoms with van der Waals surface area (Å²) < 4.78 is 8.88. The minimum atomic E-state index is -0.142. The molecule has 30 heavy (non-hydrogen) atoms. The molecule has 8 heteroatoms. The third-order valence-electron chi connectivity index (χ3n) is 5.31. The van der Waals surface area contributed by atoms with Crippen LogP contribution in [0.15, 0.2) is 47.4 Å².